The summed E-state index contributed by atoms with van der Waals surface area (Å²) in [7, 11) is 0. The first kappa shape index (κ1) is 7.12. The van der Waals surface area contributed by atoms with Gasteiger partial charge in [0.1, 0.15) is 0 Å². The van der Waals surface area contributed by atoms with Crippen molar-refractivity contribution in [1.29, 1.82) is 0 Å². The predicted octanol–water partition coefficient (Wildman–Crippen LogP) is 1.17. The Balaban J connectivity index is 2.97. The molecular weight excluding hydrogens is 128 g/mol. The molecule has 1 heterocycles. The molecule has 10 heavy (non-hydrogen) atoms. The summed E-state index contributed by atoms with van der Waals surface area (Å²) in [4.78, 5) is 0. The summed E-state index contributed by atoms with van der Waals surface area (Å²) in [6, 6.07) is 0. The Morgan fingerprint density at radius 2 is 2.30 bits per heavy atom. The first-order valence-electron chi connectivity index (χ1n) is 3.53. The number of aryl methyl sites for hydroxylation is 2. The highest BCUT2D eigenvalue weighted by Gasteiger charge is 2.03. The lowest BCUT2D eigenvalue weighted by atomic mass is 10.3. The van der Waals surface area contributed by atoms with Crippen LogP contribution in [0.4, 0.5) is 0 Å². The minimum absolute atomic E-state index is 0.310. The van der Waals surface area contributed by atoms with Crippen molar-refractivity contribution in [2.45, 2.75) is 26.8 Å². The second-order valence-corrected chi connectivity index (χ2v) is 2.16. The molecule has 1 aromatic heterocycles. The van der Waals surface area contributed by atoms with Crippen LogP contribution in [0.25, 0.3) is 0 Å². The smallest absolute Gasteiger partial charge is 0.212 e. The molecule has 0 aliphatic rings. The quantitative estimate of drug-likeness (QED) is 0.669. The van der Waals surface area contributed by atoms with Crippen LogP contribution in [0.2, 0.25) is 0 Å². The van der Waals surface area contributed by atoms with E-state index in [4.69, 9.17) is 0 Å². The second kappa shape index (κ2) is 2.73. The average molecular weight is 140 g/mol. The highest BCUT2D eigenvalue weighted by molar-refractivity contribution is 5.21. The molecule has 3 heteroatoms. The standard InChI is InChI=1S/C7H12N2O/c1-3-6-5-8-9(4-2)7(6)10/h5,10H,3-4H2,1-2H3. The maximum atomic E-state index is 9.33. The van der Waals surface area contributed by atoms with Crippen LogP contribution < -0.4 is 0 Å². The molecule has 0 saturated heterocycles. The van der Waals surface area contributed by atoms with Crippen molar-refractivity contribution in [1.82, 2.24) is 9.78 Å². The molecule has 0 saturated carbocycles. The minimum Gasteiger partial charge on any atom is -0.493 e. The molecular formula is C7H12N2O. The molecule has 0 atom stereocenters. The number of aromatic hydroxyl groups is 1. The van der Waals surface area contributed by atoms with E-state index in [9.17, 15) is 5.11 Å². The lowest BCUT2D eigenvalue weighted by molar-refractivity contribution is 0.401. The Morgan fingerprint density at radius 3 is 2.60 bits per heavy atom. The van der Waals surface area contributed by atoms with Crippen LogP contribution in [-0.4, -0.2) is 14.9 Å². The summed E-state index contributed by atoms with van der Waals surface area (Å²) in [5.74, 6) is 0.310. The third-order valence-electron chi connectivity index (χ3n) is 1.57. The van der Waals surface area contributed by atoms with E-state index in [1.54, 1.807) is 10.9 Å². The molecule has 0 aliphatic heterocycles. The van der Waals surface area contributed by atoms with Gasteiger partial charge < -0.3 is 5.11 Å². The molecule has 0 fully saturated rings. The minimum atomic E-state index is 0.310. The molecule has 0 bridgehead atoms. The van der Waals surface area contributed by atoms with Crippen LogP contribution in [0.5, 0.6) is 5.88 Å². The van der Waals surface area contributed by atoms with Gasteiger partial charge in [-0.3, -0.25) is 0 Å². The Labute approximate surface area is 60.3 Å². The number of hydrogen-bond acceptors (Lipinski definition) is 2. The van der Waals surface area contributed by atoms with Crippen molar-refractivity contribution in [3.63, 3.8) is 0 Å². The predicted molar refractivity (Wildman–Crippen MR) is 38.9 cm³/mol. The van der Waals surface area contributed by atoms with Gasteiger partial charge in [-0.1, -0.05) is 6.92 Å². The maximum absolute atomic E-state index is 9.33. The van der Waals surface area contributed by atoms with Gasteiger partial charge in [0.2, 0.25) is 5.88 Å². The van der Waals surface area contributed by atoms with Gasteiger partial charge in [0, 0.05) is 12.1 Å². The van der Waals surface area contributed by atoms with Gasteiger partial charge in [-0.2, -0.15) is 5.10 Å². The van der Waals surface area contributed by atoms with Crippen molar-refractivity contribution in [2.24, 2.45) is 0 Å². The molecule has 3 nitrogen and oxygen atoms in total. The zero-order chi connectivity index (χ0) is 7.56. The van der Waals surface area contributed by atoms with Gasteiger partial charge >= 0.3 is 0 Å². The van der Waals surface area contributed by atoms with Gasteiger partial charge in [0.25, 0.3) is 0 Å². The fourth-order valence-electron chi connectivity index (χ4n) is 0.898. The van der Waals surface area contributed by atoms with Crippen LogP contribution in [0.3, 0.4) is 0 Å². The number of aromatic nitrogens is 2. The van der Waals surface area contributed by atoms with Crippen LogP contribution in [0.1, 0.15) is 19.4 Å². The van der Waals surface area contributed by atoms with Crippen molar-refractivity contribution in [3.8, 4) is 5.88 Å². The lowest BCUT2D eigenvalue weighted by Crippen LogP contribution is -1.94. The van der Waals surface area contributed by atoms with Crippen LogP contribution in [-0.2, 0) is 13.0 Å². The lowest BCUT2D eigenvalue weighted by Gasteiger charge is -1.96. The molecule has 0 radical (unpaired) electrons. The summed E-state index contributed by atoms with van der Waals surface area (Å²) in [5.41, 5.74) is 0.918. The highest BCUT2D eigenvalue weighted by atomic mass is 16.3. The Kier molecular flexibility index (Phi) is 1.94. The summed E-state index contributed by atoms with van der Waals surface area (Å²) < 4.78 is 1.58. The first-order chi connectivity index (χ1) is 4.79. The summed E-state index contributed by atoms with van der Waals surface area (Å²) in [5, 5.41) is 13.3. The van der Waals surface area contributed by atoms with E-state index < -0.39 is 0 Å². The molecule has 0 amide bonds. The highest BCUT2D eigenvalue weighted by Crippen LogP contribution is 2.15. The van der Waals surface area contributed by atoms with Crippen LogP contribution >= 0.6 is 0 Å². The van der Waals surface area contributed by atoms with E-state index in [0.29, 0.717) is 5.88 Å². The van der Waals surface area contributed by atoms with E-state index >= 15 is 0 Å². The van der Waals surface area contributed by atoms with E-state index in [1.807, 2.05) is 13.8 Å². The Hall–Kier alpha value is -0.990. The van der Waals surface area contributed by atoms with Crippen molar-refractivity contribution < 1.29 is 5.11 Å². The Bertz CT molecular complexity index is 196. The SMILES string of the molecule is CCc1cnn(CC)c1O. The first-order valence-corrected chi connectivity index (χ1v) is 3.53. The molecule has 1 aromatic rings. The molecule has 0 aliphatic carbocycles. The zero-order valence-corrected chi connectivity index (χ0v) is 6.33. The molecule has 0 unspecified atom stereocenters. The van der Waals surface area contributed by atoms with Crippen molar-refractivity contribution >= 4 is 0 Å². The van der Waals surface area contributed by atoms with Gasteiger partial charge in [0.15, 0.2) is 0 Å². The summed E-state index contributed by atoms with van der Waals surface area (Å²) in [6.07, 6.45) is 2.55. The van der Waals surface area contributed by atoms with Gasteiger partial charge in [-0.05, 0) is 13.3 Å². The largest absolute Gasteiger partial charge is 0.493 e. The fourth-order valence-corrected chi connectivity index (χ4v) is 0.898. The third kappa shape index (κ3) is 0.988. The van der Waals surface area contributed by atoms with Crippen LogP contribution in [0.15, 0.2) is 6.20 Å². The van der Waals surface area contributed by atoms with Gasteiger partial charge in [-0.15, -0.1) is 0 Å². The van der Waals surface area contributed by atoms with E-state index in [0.717, 1.165) is 18.5 Å². The zero-order valence-electron chi connectivity index (χ0n) is 6.33. The second-order valence-electron chi connectivity index (χ2n) is 2.16. The number of rotatable bonds is 2. The van der Waals surface area contributed by atoms with E-state index in [2.05, 4.69) is 5.10 Å². The van der Waals surface area contributed by atoms with Crippen molar-refractivity contribution in [2.75, 3.05) is 0 Å². The number of hydrogen-bond donors (Lipinski definition) is 1. The molecule has 1 N–H and O–H groups in total. The molecule has 0 spiro atoms. The van der Waals surface area contributed by atoms with Crippen LogP contribution in [0, 0.1) is 0 Å². The van der Waals surface area contributed by atoms with Gasteiger partial charge in [0.05, 0.1) is 6.20 Å². The molecule has 1 rings (SSSR count). The Morgan fingerprint density at radius 1 is 1.60 bits per heavy atom. The van der Waals surface area contributed by atoms with E-state index in [1.165, 1.54) is 0 Å². The third-order valence-corrected chi connectivity index (χ3v) is 1.57. The maximum Gasteiger partial charge on any atom is 0.212 e. The molecule has 56 valence electrons. The van der Waals surface area contributed by atoms with E-state index in [-0.39, 0.29) is 0 Å². The average Bonchev–Trinajstić information content (AvgIpc) is 2.30. The number of nitrogens with zero attached hydrogens (tertiary/aromatic N) is 2. The van der Waals surface area contributed by atoms with Crippen molar-refractivity contribution in [3.05, 3.63) is 11.8 Å². The normalized spacial score (nSPS) is 10.2. The summed E-state index contributed by atoms with van der Waals surface area (Å²) >= 11 is 0. The molecule has 0 aromatic carbocycles. The van der Waals surface area contributed by atoms with Gasteiger partial charge in [-0.25, -0.2) is 4.68 Å². The monoisotopic (exact) mass is 140 g/mol. The summed E-state index contributed by atoms with van der Waals surface area (Å²) in [6.45, 7) is 4.68. The fraction of sp³-hybridized carbons (Fsp3) is 0.571. The topological polar surface area (TPSA) is 38.0 Å².